The molecule has 6 aliphatic rings. The van der Waals surface area contributed by atoms with E-state index in [0.717, 1.165) is 0 Å². The minimum absolute atomic E-state index is 0.0991. The fourth-order valence-electron chi connectivity index (χ4n) is 7.74. The highest BCUT2D eigenvalue weighted by atomic mass is 16.7. The zero-order valence-electron chi connectivity index (χ0n) is 17.5. The standard InChI is InChI=1S/C22H26O9/c1-8-6-20-15-14-12(7-19(15,4)26)29-18(25)21(14,20)13(28-10(3)23)5-11-9(2)17(24)30-16(11)22(8,27)31-20/h6,11-17,24,26-27H,2,5,7H2,1,3-4H3/t11-,12-,13+,14-,15-,16?,17-,19-,20-,21+,22-/m0/s1. The zero-order chi connectivity index (χ0) is 22.3. The van der Waals surface area contributed by atoms with E-state index in [1.807, 2.05) is 0 Å². The third-order valence-electron chi connectivity index (χ3n) is 8.70. The van der Waals surface area contributed by atoms with Gasteiger partial charge in [-0.2, -0.15) is 0 Å². The second-order valence-electron chi connectivity index (χ2n) is 10.2. The van der Waals surface area contributed by atoms with E-state index in [-0.39, 0.29) is 12.8 Å². The molecule has 2 bridgehead atoms. The molecule has 3 saturated heterocycles. The van der Waals surface area contributed by atoms with Crippen molar-refractivity contribution in [3.8, 4) is 0 Å². The molecule has 0 aromatic carbocycles. The Kier molecular flexibility index (Phi) is 3.46. The predicted molar refractivity (Wildman–Crippen MR) is 101 cm³/mol. The van der Waals surface area contributed by atoms with Crippen LogP contribution in [0.4, 0.5) is 0 Å². The van der Waals surface area contributed by atoms with Crippen molar-refractivity contribution in [2.75, 3.05) is 0 Å². The van der Waals surface area contributed by atoms with Gasteiger partial charge in [-0.3, -0.25) is 9.59 Å². The molecule has 1 unspecified atom stereocenters. The number of aliphatic hydroxyl groups excluding tert-OH is 1. The van der Waals surface area contributed by atoms with Crippen molar-refractivity contribution in [1.29, 1.82) is 0 Å². The third-order valence-corrected chi connectivity index (χ3v) is 8.70. The van der Waals surface area contributed by atoms with E-state index in [4.69, 9.17) is 18.9 Å². The first kappa shape index (κ1) is 19.9. The van der Waals surface area contributed by atoms with Crippen molar-refractivity contribution < 1.29 is 43.9 Å². The summed E-state index contributed by atoms with van der Waals surface area (Å²) in [5, 5.41) is 33.2. The third kappa shape index (κ3) is 1.89. The maximum atomic E-state index is 13.5. The van der Waals surface area contributed by atoms with Crippen molar-refractivity contribution in [3.63, 3.8) is 0 Å². The van der Waals surface area contributed by atoms with Crippen LogP contribution in [0.5, 0.6) is 0 Å². The lowest BCUT2D eigenvalue weighted by Crippen LogP contribution is -2.79. The van der Waals surface area contributed by atoms with E-state index in [9.17, 15) is 24.9 Å². The van der Waals surface area contributed by atoms with Crippen LogP contribution < -0.4 is 0 Å². The number of hydrogen-bond donors (Lipinski definition) is 3. The second kappa shape index (κ2) is 5.40. The lowest BCUT2D eigenvalue weighted by atomic mass is 9.41. The number of carbonyl (C=O) groups excluding carboxylic acids is 2. The van der Waals surface area contributed by atoms with Crippen LogP contribution in [0, 0.1) is 23.2 Å². The highest BCUT2D eigenvalue weighted by Gasteiger charge is 2.92. The first-order chi connectivity index (χ1) is 14.4. The number of aliphatic hydroxyl groups is 3. The van der Waals surface area contributed by atoms with Crippen LogP contribution in [0.15, 0.2) is 23.8 Å². The van der Waals surface area contributed by atoms with Crippen molar-refractivity contribution in [3.05, 3.63) is 23.8 Å². The van der Waals surface area contributed by atoms with Gasteiger partial charge in [-0.1, -0.05) is 6.58 Å². The van der Waals surface area contributed by atoms with Crippen molar-refractivity contribution in [2.45, 2.75) is 75.2 Å². The number of ether oxygens (including phenoxy) is 4. The first-order valence-electron chi connectivity index (χ1n) is 10.7. The molecule has 168 valence electrons. The van der Waals surface area contributed by atoms with Gasteiger partial charge in [-0.15, -0.1) is 0 Å². The fraction of sp³-hybridized carbons (Fsp3) is 0.727. The van der Waals surface area contributed by atoms with Gasteiger partial charge in [0.05, 0.1) is 5.60 Å². The average Bonchev–Trinajstić information content (AvgIpc) is 3.24. The molecule has 6 rings (SSSR count). The normalized spacial score (nSPS) is 58.4. The number of esters is 2. The van der Waals surface area contributed by atoms with Crippen molar-refractivity contribution >= 4 is 11.9 Å². The lowest BCUT2D eigenvalue weighted by Gasteiger charge is -2.65. The van der Waals surface area contributed by atoms with E-state index >= 15 is 0 Å². The molecule has 9 heteroatoms. The van der Waals surface area contributed by atoms with Crippen molar-refractivity contribution in [2.24, 2.45) is 23.2 Å². The molecular formula is C22H26O9. The largest absolute Gasteiger partial charge is 0.461 e. The summed E-state index contributed by atoms with van der Waals surface area (Å²) in [5.41, 5.74) is -3.35. The number of hydrogen-bond acceptors (Lipinski definition) is 9. The van der Waals surface area contributed by atoms with Crippen LogP contribution in [-0.4, -0.2) is 68.8 Å². The Morgan fingerprint density at radius 1 is 1.35 bits per heavy atom. The van der Waals surface area contributed by atoms with Gasteiger partial charge in [-0.05, 0) is 37.5 Å². The van der Waals surface area contributed by atoms with E-state index in [1.165, 1.54) is 6.92 Å². The number of fused-ring (bicyclic) bond motifs is 3. The summed E-state index contributed by atoms with van der Waals surface area (Å²) in [6.45, 7) is 8.52. The van der Waals surface area contributed by atoms with Crippen LogP contribution in [0.1, 0.15) is 33.6 Å². The molecule has 4 heterocycles. The second-order valence-corrected chi connectivity index (χ2v) is 10.2. The maximum absolute atomic E-state index is 13.5. The Bertz CT molecular complexity index is 970. The molecule has 2 aliphatic carbocycles. The Balaban J connectivity index is 1.61. The summed E-state index contributed by atoms with van der Waals surface area (Å²) in [7, 11) is 0. The van der Waals surface area contributed by atoms with Gasteiger partial charge >= 0.3 is 11.9 Å². The highest BCUT2D eigenvalue weighted by molar-refractivity contribution is 5.87. The maximum Gasteiger partial charge on any atom is 0.319 e. The van der Waals surface area contributed by atoms with Crippen LogP contribution in [0.25, 0.3) is 0 Å². The van der Waals surface area contributed by atoms with Gasteiger partial charge in [0.1, 0.15) is 29.3 Å². The summed E-state index contributed by atoms with van der Waals surface area (Å²) < 4.78 is 23.5. The van der Waals surface area contributed by atoms with E-state index in [2.05, 4.69) is 6.58 Å². The minimum Gasteiger partial charge on any atom is -0.461 e. The number of carbonyl (C=O) groups is 2. The molecule has 0 amide bonds. The van der Waals surface area contributed by atoms with E-state index in [0.29, 0.717) is 11.1 Å². The SMILES string of the molecule is C=C1[C@@H](O)OC2[C@H]1C[C@@H](OC(C)=O)[C@]13C(=O)O[C@H]4C[C@](C)(O)[C@H]([C@H]41)[C@@]31C=C(C)[C@]2(O)O1. The Morgan fingerprint density at radius 3 is 2.74 bits per heavy atom. The van der Waals surface area contributed by atoms with Gasteiger partial charge in [-0.25, -0.2) is 0 Å². The Morgan fingerprint density at radius 2 is 2.06 bits per heavy atom. The summed E-state index contributed by atoms with van der Waals surface area (Å²) in [6, 6.07) is 0. The minimum atomic E-state index is -1.94. The molecule has 11 atom stereocenters. The molecule has 0 radical (unpaired) electrons. The van der Waals surface area contributed by atoms with Crippen LogP contribution in [-0.2, 0) is 28.5 Å². The summed E-state index contributed by atoms with van der Waals surface area (Å²) in [6.07, 6.45) is -1.85. The first-order valence-corrected chi connectivity index (χ1v) is 10.7. The van der Waals surface area contributed by atoms with Gasteiger partial charge in [0.25, 0.3) is 0 Å². The molecule has 2 saturated carbocycles. The van der Waals surface area contributed by atoms with Gasteiger partial charge in [0.2, 0.25) is 5.79 Å². The zero-order valence-corrected chi connectivity index (χ0v) is 17.5. The molecule has 3 N–H and O–H groups in total. The molecule has 4 aliphatic heterocycles. The quantitative estimate of drug-likeness (QED) is 0.383. The Labute approximate surface area is 178 Å². The molecule has 0 aromatic heterocycles. The smallest absolute Gasteiger partial charge is 0.319 e. The summed E-state index contributed by atoms with van der Waals surface area (Å²) in [4.78, 5) is 25.6. The van der Waals surface area contributed by atoms with Gasteiger partial charge < -0.3 is 34.3 Å². The molecule has 9 nitrogen and oxygen atoms in total. The van der Waals surface area contributed by atoms with Crippen LogP contribution in [0.3, 0.4) is 0 Å². The molecule has 31 heavy (non-hydrogen) atoms. The summed E-state index contributed by atoms with van der Waals surface area (Å²) in [5.74, 6) is -4.70. The average molecular weight is 434 g/mol. The van der Waals surface area contributed by atoms with Crippen molar-refractivity contribution in [1.82, 2.24) is 0 Å². The fourth-order valence-corrected chi connectivity index (χ4v) is 7.74. The molecule has 0 aromatic rings. The topological polar surface area (TPSA) is 132 Å². The van der Waals surface area contributed by atoms with Gasteiger partial charge in [0.15, 0.2) is 6.29 Å². The molecule has 2 spiro atoms. The van der Waals surface area contributed by atoms with E-state index in [1.54, 1.807) is 19.9 Å². The highest BCUT2D eigenvalue weighted by Crippen LogP contribution is 2.79. The van der Waals surface area contributed by atoms with E-state index < -0.39 is 76.7 Å². The predicted octanol–water partition coefficient (Wildman–Crippen LogP) is -0.0722. The van der Waals surface area contributed by atoms with Crippen LogP contribution in [0.2, 0.25) is 0 Å². The monoisotopic (exact) mass is 434 g/mol. The lowest BCUT2D eigenvalue weighted by molar-refractivity contribution is -0.371. The molecule has 5 fully saturated rings. The Hall–Kier alpha value is -1.78. The van der Waals surface area contributed by atoms with Gasteiger partial charge in [0, 0.05) is 31.1 Å². The molecular weight excluding hydrogens is 408 g/mol. The summed E-state index contributed by atoms with van der Waals surface area (Å²) >= 11 is 0. The number of rotatable bonds is 1. The van der Waals surface area contributed by atoms with Crippen LogP contribution >= 0.6 is 0 Å².